The van der Waals surface area contributed by atoms with Crippen molar-refractivity contribution in [3.63, 3.8) is 0 Å². The van der Waals surface area contributed by atoms with E-state index in [4.69, 9.17) is 20.9 Å². The Morgan fingerprint density at radius 1 is 1.20 bits per heavy atom. The van der Waals surface area contributed by atoms with Crippen molar-refractivity contribution in [3.8, 4) is 0 Å². The van der Waals surface area contributed by atoms with Crippen LogP contribution in [-0.2, 0) is 20.9 Å². The standard InChI is InChI=1S/C9H14NO2PS2/c1-10(9-7-5-4-6-8-9)15-13(14,11-2)12-3/h4-8H,1-3H3. The summed E-state index contributed by atoms with van der Waals surface area (Å²) in [4.78, 5) is 0. The van der Waals surface area contributed by atoms with Crippen LogP contribution in [0.15, 0.2) is 30.3 Å². The molecule has 0 unspecified atom stereocenters. The molecule has 1 rings (SSSR count). The van der Waals surface area contributed by atoms with Crippen molar-refractivity contribution in [3.05, 3.63) is 30.3 Å². The Bertz CT molecular complexity index is 339. The number of hydrogen-bond acceptors (Lipinski definition) is 5. The summed E-state index contributed by atoms with van der Waals surface area (Å²) in [6.45, 7) is 0. The molecule has 0 aliphatic carbocycles. The quantitative estimate of drug-likeness (QED) is 0.598. The van der Waals surface area contributed by atoms with Crippen LogP contribution in [0.3, 0.4) is 0 Å². The molecule has 0 atom stereocenters. The smallest absolute Gasteiger partial charge is 0.267 e. The lowest BCUT2D eigenvalue weighted by molar-refractivity contribution is 0.354. The van der Waals surface area contributed by atoms with Crippen LogP contribution >= 0.6 is 17.3 Å². The van der Waals surface area contributed by atoms with E-state index in [0.29, 0.717) is 0 Å². The first-order chi connectivity index (χ1) is 7.11. The predicted molar refractivity (Wildman–Crippen MR) is 70.7 cm³/mol. The van der Waals surface area contributed by atoms with E-state index in [1.54, 1.807) is 14.2 Å². The molecule has 0 N–H and O–H groups in total. The van der Waals surface area contributed by atoms with Gasteiger partial charge in [0.05, 0.1) is 0 Å². The van der Waals surface area contributed by atoms with Crippen LogP contribution in [0.25, 0.3) is 0 Å². The van der Waals surface area contributed by atoms with Crippen molar-refractivity contribution in [2.45, 2.75) is 0 Å². The zero-order chi connectivity index (χ0) is 11.3. The summed E-state index contributed by atoms with van der Waals surface area (Å²) >= 11 is 6.68. The van der Waals surface area contributed by atoms with Crippen LogP contribution in [-0.4, -0.2) is 21.3 Å². The molecule has 0 heterocycles. The van der Waals surface area contributed by atoms with Gasteiger partial charge in [-0.3, -0.25) is 0 Å². The van der Waals surface area contributed by atoms with E-state index in [2.05, 4.69) is 0 Å². The monoisotopic (exact) mass is 263 g/mol. The molecular formula is C9H14NO2PS2. The Balaban J connectivity index is 2.71. The maximum Gasteiger partial charge on any atom is 0.267 e. The maximum absolute atomic E-state index is 5.27. The summed E-state index contributed by atoms with van der Waals surface area (Å²) in [7, 11) is 5.10. The summed E-state index contributed by atoms with van der Waals surface area (Å²) in [5.74, 6) is 0. The fraction of sp³-hybridized carbons (Fsp3) is 0.333. The van der Waals surface area contributed by atoms with Crippen molar-refractivity contribution in [1.29, 1.82) is 0 Å². The van der Waals surface area contributed by atoms with Gasteiger partial charge in [-0.15, -0.1) is 0 Å². The van der Waals surface area contributed by atoms with E-state index < -0.39 is 5.69 Å². The number of rotatable bonds is 5. The van der Waals surface area contributed by atoms with Gasteiger partial charge in [-0.1, -0.05) is 18.2 Å². The van der Waals surface area contributed by atoms with Crippen molar-refractivity contribution >= 4 is 34.8 Å². The van der Waals surface area contributed by atoms with Crippen LogP contribution in [0.1, 0.15) is 0 Å². The molecule has 0 amide bonds. The van der Waals surface area contributed by atoms with E-state index >= 15 is 0 Å². The van der Waals surface area contributed by atoms with Crippen molar-refractivity contribution < 1.29 is 9.05 Å². The number of anilines is 1. The molecule has 1 aromatic carbocycles. The van der Waals surface area contributed by atoms with Gasteiger partial charge >= 0.3 is 0 Å². The highest BCUT2D eigenvalue weighted by Gasteiger charge is 2.20. The first kappa shape index (κ1) is 13.0. The molecule has 6 heteroatoms. The molecule has 84 valence electrons. The first-order valence-corrected chi connectivity index (χ1v) is 8.33. The predicted octanol–water partition coefficient (Wildman–Crippen LogP) is 3.29. The van der Waals surface area contributed by atoms with Gasteiger partial charge in [0.2, 0.25) is 0 Å². The van der Waals surface area contributed by atoms with Gasteiger partial charge in [0.25, 0.3) is 5.69 Å². The molecule has 15 heavy (non-hydrogen) atoms. The Labute approximate surface area is 99.8 Å². The van der Waals surface area contributed by atoms with Crippen LogP contribution in [0.5, 0.6) is 0 Å². The summed E-state index contributed by atoms with van der Waals surface area (Å²) in [5.41, 5.74) is -1.15. The van der Waals surface area contributed by atoms with Gasteiger partial charge in [-0.05, 0) is 23.9 Å². The summed E-state index contributed by atoms with van der Waals surface area (Å²) in [6, 6.07) is 9.96. The highest BCUT2D eigenvalue weighted by molar-refractivity contribution is 8.68. The molecule has 0 aliphatic rings. The highest BCUT2D eigenvalue weighted by Crippen LogP contribution is 2.61. The normalized spacial score (nSPS) is 11.4. The van der Waals surface area contributed by atoms with E-state index in [1.807, 2.05) is 41.7 Å². The van der Waals surface area contributed by atoms with Gasteiger partial charge in [0, 0.05) is 38.5 Å². The van der Waals surface area contributed by atoms with Crippen molar-refractivity contribution in [2.75, 3.05) is 25.6 Å². The topological polar surface area (TPSA) is 21.7 Å². The van der Waals surface area contributed by atoms with Crippen LogP contribution < -0.4 is 4.31 Å². The lowest BCUT2D eigenvalue weighted by atomic mass is 10.3. The Kier molecular flexibility index (Phi) is 5.09. The number of nitrogens with zero attached hydrogens (tertiary/aromatic N) is 1. The first-order valence-electron chi connectivity index (χ1n) is 4.31. The van der Waals surface area contributed by atoms with E-state index in [9.17, 15) is 0 Å². The van der Waals surface area contributed by atoms with Gasteiger partial charge in [-0.25, -0.2) is 0 Å². The molecule has 0 aromatic heterocycles. The zero-order valence-corrected chi connectivity index (χ0v) is 11.4. The fourth-order valence-corrected chi connectivity index (χ4v) is 4.26. The lowest BCUT2D eigenvalue weighted by Crippen LogP contribution is -2.06. The van der Waals surface area contributed by atoms with Crippen molar-refractivity contribution in [1.82, 2.24) is 0 Å². The third kappa shape index (κ3) is 3.78. The molecule has 0 radical (unpaired) electrons. The van der Waals surface area contributed by atoms with Crippen LogP contribution in [0.4, 0.5) is 5.69 Å². The van der Waals surface area contributed by atoms with E-state index in [-0.39, 0.29) is 0 Å². The number of hydrogen-bond donors (Lipinski definition) is 0. The molecule has 0 bridgehead atoms. The van der Waals surface area contributed by atoms with Gasteiger partial charge in [0.15, 0.2) is 0 Å². The Hall–Kier alpha value is -0.0600. The van der Waals surface area contributed by atoms with Gasteiger partial charge in [-0.2, -0.15) is 0 Å². The largest absolute Gasteiger partial charge is 0.324 e. The second-order valence-corrected chi connectivity index (χ2v) is 9.13. The number of benzene rings is 1. The minimum atomic E-state index is -2.23. The number of para-hydroxylation sites is 1. The Morgan fingerprint density at radius 2 is 1.73 bits per heavy atom. The molecule has 0 aliphatic heterocycles. The third-order valence-electron chi connectivity index (χ3n) is 1.79. The zero-order valence-electron chi connectivity index (χ0n) is 8.91. The molecule has 0 fully saturated rings. The Morgan fingerprint density at radius 3 is 2.20 bits per heavy atom. The minimum Gasteiger partial charge on any atom is -0.324 e. The SMILES string of the molecule is COP(=S)(OC)SN(C)c1ccccc1. The molecule has 0 saturated carbocycles. The second kappa shape index (κ2) is 5.87. The molecule has 3 nitrogen and oxygen atoms in total. The van der Waals surface area contributed by atoms with Crippen molar-refractivity contribution in [2.24, 2.45) is 0 Å². The summed E-state index contributed by atoms with van der Waals surface area (Å²) in [5, 5.41) is 0. The summed E-state index contributed by atoms with van der Waals surface area (Å²) in [6.07, 6.45) is 0. The van der Waals surface area contributed by atoms with Crippen LogP contribution in [0.2, 0.25) is 0 Å². The van der Waals surface area contributed by atoms with Crippen LogP contribution in [0, 0.1) is 0 Å². The lowest BCUT2D eigenvalue weighted by Gasteiger charge is -2.24. The third-order valence-corrected chi connectivity index (χ3v) is 7.06. The average molecular weight is 263 g/mol. The maximum atomic E-state index is 5.27. The molecule has 0 saturated heterocycles. The fourth-order valence-electron chi connectivity index (χ4n) is 0.976. The van der Waals surface area contributed by atoms with Gasteiger partial charge < -0.3 is 13.4 Å². The minimum absolute atomic E-state index is 1.07. The molecule has 1 aromatic rings. The van der Waals surface area contributed by atoms with Gasteiger partial charge in [0.1, 0.15) is 0 Å². The average Bonchev–Trinajstić information content (AvgIpc) is 2.30. The highest BCUT2D eigenvalue weighted by atomic mass is 32.9. The van der Waals surface area contributed by atoms with E-state index in [0.717, 1.165) is 5.69 Å². The summed E-state index contributed by atoms with van der Waals surface area (Å²) < 4.78 is 12.4. The molecular weight excluding hydrogens is 249 g/mol. The molecule has 0 spiro atoms. The van der Waals surface area contributed by atoms with E-state index in [1.165, 1.54) is 11.6 Å². The second-order valence-electron chi connectivity index (χ2n) is 2.73.